The fourth-order valence-corrected chi connectivity index (χ4v) is 3.98. The van der Waals surface area contributed by atoms with E-state index in [1.165, 1.54) is 0 Å². The Bertz CT molecular complexity index is 722. The summed E-state index contributed by atoms with van der Waals surface area (Å²) in [6.45, 7) is 6.77. The van der Waals surface area contributed by atoms with Crippen molar-refractivity contribution in [3.63, 3.8) is 0 Å². The van der Waals surface area contributed by atoms with Crippen molar-refractivity contribution in [2.45, 2.75) is 45.6 Å². The minimum atomic E-state index is -0.574. The number of rotatable bonds is 2. The molecule has 136 valence electrons. The first kappa shape index (κ1) is 18.5. The Morgan fingerprint density at radius 3 is 2.56 bits per heavy atom. The van der Waals surface area contributed by atoms with Crippen LogP contribution in [0.5, 0.6) is 5.75 Å². The van der Waals surface area contributed by atoms with Gasteiger partial charge in [-0.05, 0) is 38.5 Å². The number of amides is 1. The fourth-order valence-electron chi connectivity index (χ4n) is 3.59. The molecule has 2 aliphatic heterocycles. The van der Waals surface area contributed by atoms with Gasteiger partial charge in [-0.3, -0.25) is 9.59 Å². The topological polar surface area (TPSA) is 46.6 Å². The highest BCUT2D eigenvalue weighted by molar-refractivity contribution is 6.31. The number of halogens is 2. The summed E-state index contributed by atoms with van der Waals surface area (Å²) in [5.41, 5.74) is 0.342. The van der Waals surface area contributed by atoms with E-state index < -0.39 is 11.0 Å². The zero-order chi connectivity index (χ0) is 18.4. The van der Waals surface area contributed by atoms with Crippen LogP contribution in [-0.2, 0) is 4.79 Å². The van der Waals surface area contributed by atoms with Crippen LogP contribution in [0.2, 0.25) is 5.02 Å². The van der Waals surface area contributed by atoms with Crippen LogP contribution in [0.3, 0.4) is 0 Å². The zero-order valence-corrected chi connectivity index (χ0v) is 16.3. The Morgan fingerprint density at radius 2 is 1.96 bits per heavy atom. The fraction of sp³-hybridized carbons (Fsp3) is 0.579. The number of hydrogen-bond acceptors (Lipinski definition) is 3. The van der Waals surface area contributed by atoms with Crippen LogP contribution < -0.4 is 4.74 Å². The van der Waals surface area contributed by atoms with E-state index in [4.69, 9.17) is 27.9 Å². The highest BCUT2D eigenvalue weighted by Crippen LogP contribution is 2.42. The van der Waals surface area contributed by atoms with Crippen molar-refractivity contribution in [1.29, 1.82) is 0 Å². The summed E-state index contributed by atoms with van der Waals surface area (Å²) in [4.78, 5) is 27.1. The summed E-state index contributed by atoms with van der Waals surface area (Å²) in [7, 11) is 0. The average molecular weight is 384 g/mol. The van der Waals surface area contributed by atoms with E-state index in [1.807, 2.05) is 31.7 Å². The van der Waals surface area contributed by atoms with Gasteiger partial charge in [-0.1, -0.05) is 11.6 Å². The number of fused-ring (bicyclic) bond motifs is 1. The summed E-state index contributed by atoms with van der Waals surface area (Å²) < 4.78 is 6.31. The third-order valence-corrected chi connectivity index (χ3v) is 6.10. The van der Waals surface area contributed by atoms with Crippen molar-refractivity contribution in [1.82, 2.24) is 4.90 Å². The molecule has 1 aromatic rings. The molecule has 2 aliphatic rings. The van der Waals surface area contributed by atoms with Gasteiger partial charge in [-0.15, -0.1) is 11.6 Å². The molecule has 25 heavy (non-hydrogen) atoms. The van der Waals surface area contributed by atoms with Crippen molar-refractivity contribution in [2.24, 2.45) is 5.41 Å². The molecule has 2 heterocycles. The molecule has 0 saturated carbocycles. The van der Waals surface area contributed by atoms with Gasteiger partial charge >= 0.3 is 0 Å². The molecule has 3 rings (SSSR count). The molecule has 0 unspecified atom stereocenters. The van der Waals surface area contributed by atoms with Gasteiger partial charge in [0.15, 0.2) is 5.78 Å². The lowest BCUT2D eigenvalue weighted by atomic mass is 9.81. The number of hydrogen-bond donors (Lipinski definition) is 0. The van der Waals surface area contributed by atoms with E-state index in [0.717, 1.165) is 5.56 Å². The van der Waals surface area contributed by atoms with E-state index in [-0.39, 0.29) is 17.6 Å². The molecule has 1 amide bonds. The van der Waals surface area contributed by atoms with E-state index in [0.29, 0.717) is 48.7 Å². The molecular weight excluding hydrogens is 361 g/mol. The molecule has 1 spiro atoms. The molecule has 0 atom stereocenters. The standard InChI is InChI=1S/C19H23Cl2NO3/c1-12-8-13(21)9-14-15(23)10-19(25-16(12)14)4-6-22(7-5-19)17(24)18(2,3)11-20/h8-9H,4-7,10-11H2,1-3H3. The maximum absolute atomic E-state index is 12.6. The van der Waals surface area contributed by atoms with Gasteiger partial charge in [0.1, 0.15) is 11.4 Å². The molecule has 0 aromatic heterocycles. The number of alkyl halides is 1. The molecule has 0 N–H and O–H groups in total. The van der Waals surface area contributed by atoms with Crippen LogP contribution in [0.25, 0.3) is 0 Å². The number of likely N-dealkylation sites (tertiary alicyclic amines) is 1. The number of carbonyl (C=O) groups is 2. The third-order valence-electron chi connectivity index (χ3n) is 5.22. The van der Waals surface area contributed by atoms with Gasteiger partial charge < -0.3 is 9.64 Å². The molecule has 0 bridgehead atoms. The maximum Gasteiger partial charge on any atom is 0.229 e. The van der Waals surface area contributed by atoms with Crippen LogP contribution >= 0.6 is 23.2 Å². The number of aryl methyl sites for hydroxylation is 1. The van der Waals surface area contributed by atoms with Crippen molar-refractivity contribution >= 4 is 34.9 Å². The van der Waals surface area contributed by atoms with Gasteiger partial charge in [-0.2, -0.15) is 0 Å². The summed E-state index contributed by atoms with van der Waals surface area (Å²) in [6, 6.07) is 3.50. The Morgan fingerprint density at radius 1 is 1.32 bits per heavy atom. The number of piperidine rings is 1. The summed E-state index contributed by atoms with van der Waals surface area (Å²) >= 11 is 12.0. The predicted octanol–water partition coefficient (Wildman–Crippen LogP) is 4.24. The maximum atomic E-state index is 12.6. The van der Waals surface area contributed by atoms with Gasteiger partial charge in [0.05, 0.1) is 17.4 Å². The number of ketones is 1. The van der Waals surface area contributed by atoms with Crippen LogP contribution in [0.15, 0.2) is 12.1 Å². The second kappa shape index (κ2) is 6.48. The highest BCUT2D eigenvalue weighted by atomic mass is 35.5. The molecular formula is C19H23Cl2NO3. The van der Waals surface area contributed by atoms with Crippen LogP contribution in [0.4, 0.5) is 0 Å². The Labute approximate surface area is 158 Å². The van der Waals surface area contributed by atoms with E-state index in [2.05, 4.69) is 0 Å². The first-order valence-electron chi connectivity index (χ1n) is 8.55. The van der Waals surface area contributed by atoms with Gasteiger partial charge in [-0.25, -0.2) is 0 Å². The lowest BCUT2D eigenvalue weighted by Gasteiger charge is -2.45. The highest BCUT2D eigenvalue weighted by Gasteiger charge is 2.45. The van der Waals surface area contributed by atoms with Gasteiger partial charge in [0.2, 0.25) is 5.91 Å². The average Bonchev–Trinajstić information content (AvgIpc) is 2.56. The lowest BCUT2D eigenvalue weighted by Crippen LogP contribution is -2.54. The molecule has 0 radical (unpaired) electrons. The molecule has 1 aromatic carbocycles. The summed E-state index contributed by atoms with van der Waals surface area (Å²) in [6.07, 6.45) is 1.62. The van der Waals surface area contributed by atoms with Crippen molar-refractivity contribution in [3.05, 3.63) is 28.3 Å². The van der Waals surface area contributed by atoms with E-state index in [9.17, 15) is 9.59 Å². The first-order chi connectivity index (χ1) is 11.7. The number of carbonyl (C=O) groups excluding carboxylic acids is 2. The summed E-state index contributed by atoms with van der Waals surface area (Å²) in [5.74, 6) is 1.05. The second-order valence-electron chi connectivity index (χ2n) is 7.79. The van der Waals surface area contributed by atoms with Crippen LogP contribution in [0, 0.1) is 12.3 Å². The normalized spacial score (nSPS) is 19.6. The van der Waals surface area contributed by atoms with Crippen molar-refractivity contribution in [2.75, 3.05) is 19.0 Å². The van der Waals surface area contributed by atoms with Crippen molar-refractivity contribution < 1.29 is 14.3 Å². The lowest BCUT2D eigenvalue weighted by molar-refractivity contribution is -0.142. The van der Waals surface area contributed by atoms with Crippen LogP contribution in [-0.4, -0.2) is 41.2 Å². The largest absolute Gasteiger partial charge is 0.486 e. The number of benzene rings is 1. The number of nitrogens with zero attached hydrogens (tertiary/aromatic N) is 1. The number of ether oxygens (including phenoxy) is 1. The van der Waals surface area contributed by atoms with Crippen LogP contribution in [0.1, 0.15) is 49.0 Å². The smallest absolute Gasteiger partial charge is 0.229 e. The SMILES string of the molecule is Cc1cc(Cl)cc2c1OC1(CCN(C(=O)C(C)(C)CCl)CC1)CC2=O. The quantitative estimate of drug-likeness (QED) is 0.717. The Kier molecular flexibility index (Phi) is 4.80. The molecule has 0 aliphatic carbocycles. The minimum Gasteiger partial charge on any atom is -0.486 e. The molecule has 4 nitrogen and oxygen atoms in total. The van der Waals surface area contributed by atoms with E-state index >= 15 is 0 Å². The first-order valence-corrected chi connectivity index (χ1v) is 9.46. The zero-order valence-electron chi connectivity index (χ0n) is 14.8. The van der Waals surface area contributed by atoms with Gasteiger partial charge in [0, 0.05) is 36.8 Å². The molecule has 1 fully saturated rings. The van der Waals surface area contributed by atoms with Crippen molar-refractivity contribution in [3.8, 4) is 5.75 Å². The minimum absolute atomic E-state index is 0.0582. The second-order valence-corrected chi connectivity index (χ2v) is 8.50. The summed E-state index contributed by atoms with van der Waals surface area (Å²) in [5, 5.41) is 0.549. The number of Topliss-reactive ketones (excluding diaryl/α,β-unsaturated/α-hetero) is 1. The molecule has 6 heteroatoms. The monoisotopic (exact) mass is 383 g/mol. The predicted molar refractivity (Wildman–Crippen MR) is 98.8 cm³/mol. The third kappa shape index (κ3) is 3.39. The van der Waals surface area contributed by atoms with E-state index in [1.54, 1.807) is 6.07 Å². The van der Waals surface area contributed by atoms with Gasteiger partial charge in [0.25, 0.3) is 0 Å². The Balaban J connectivity index is 1.78. The Hall–Kier alpha value is -1.26. The molecule has 1 saturated heterocycles.